The van der Waals surface area contributed by atoms with Crippen molar-refractivity contribution >= 4 is 39.3 Å². The predicted octanol–water partition coefficient (Wildman–Crippen LogP) is 5.08. The molecule has 4 aromatic rings. The molecule has 0 aliphatic heterocycles. The highest BCUT2D eigenvalue weighted by Crippen LogP contribution is 2.39. The Kier molecular flexibility index (Phi) is 5.64. The van der Waals surface area contributed by atoms with E-state index in [0.29, 0.717) is 18.0 Å². The van der Waals surface area contributed by atoms with Crippen LogP contribution in [0.5, 0.6) is 0 Å². The number of methoxy groups -OCH3 is 1. The maximum atomic E-state index is 11.5. The topological polar surface area (TPSA) is 65.0 Å². The molecule has 0 saturated heterocycles. The van der Waals surface area contributed by atoms with Gasteiger partial charge >= 0.3 is 5.97 Å². The summed E-state index contributed by atoms with van der Waals surface area (Å²) in [4.78, 5) is 26.2. The van der Waals surface area contributed by atoms with Crippen LogP contribution in [0, 0.1) is 0 Å². The lowest BCUT2D eigenvalue weighted by atomic mass is 10.1. The molecule has 0 fully saturated rings. The summed E-state index contributed by atoms with van der Waals surface area (Å²) in [5, 5.41) is 4.01. The Labute approximate surface area is 170 Å². The first-order valence-corrected chi connectivity index (χ1v) is 10.6. The van der Waals surface area contributed by atoms with E-state index in [9.17, 15) is 4.79 Å². The number of nitrogens with zero attached hydrogens (tertiary/aromatic N) is 3. The average molecular weight is 408 g/mol. The van der Waals surface area contributed by atoms with Gasteiger partial charge in [-0.25, -0.2) is 9.97 Å². The Bertz CT molecular complexity index is 1100. The Morgan fingerprint density at radius 2 is 1.93 bits per heavy atom. The summed E-state index contributed by atoms with van der Waals surface area (Å²) in [5.41, 5.74) is 3.11. The van der Waals surface area contributed by atoms with Gasteiger partial charge in [0.15, 0.2) is 5.82 Å². The van der Waals surface area contributed by atoms with Crippen LogP contribution in [0.3, 0.4) is 0 Å². The van der Waals surface area contributed by atoms with E-state index in [4.69, 9.17) is 14.7 Å². The number of hydrogen-bond acceptors (Lipinski definition) is 7. The quantitative estimate of drug-likeness (QED) is 0.252. The second kappa shape index (κ2) is 8.50. The van der Waals surface area contributed by atoms with Crippen molar-refractivity contribution in [2.24, 2.45) is 0 Å². The standard InChI is InChI=1S/C21H17N3O2S2/c1-26-17(25)9-11-27-20-18-16(14-6-3-2-4-7-14)13-28-21(18)24-19(23-20)15-8-5-10-22-12-15/h2-8,10,12-13H,9,11H2,1H3. The number of rotatable bonds is 6. The molecule has 0 amide bonds. The molecule has 0 radical (unpaired) electrons. The van der Waals surface area contributed by atoms with Crippen LogP contribution in [0.25, 0.3) is 32.7 Å². The fourth-order valence-corrected chi connectivity index (χ4v) is 4.78. The van der Waals surface area contributed by atoms with Gasteiger partial charge in [0.1, 0.15) is 9.86 Å². The van der Waals surface area contributed by atoms with E-state index in [2.05, 4.69) is 22.5 Å². The summed E-state index contributed by atoms with van der Waals surface area (Å²) in [6.45, 7) is 0. The molecule has 0 N–H and O–H groups in total. The molecule has 0 spiro atoms. The van der Waals surface area contributed by atoms with Gasteiger partial charge < -0.3 is 4.74 Å². The lowest BCUT2D eigenvalue weighted by Gasteiger charge is -2.08. The van der Waals surface area contributed by atoms with E-state index in [1.807, 2.05) is 30.3 Å². The van der Waals surface area contributed by atoms with E-state index < -0.39 is 0 Å². The Morgan fingerprint density at radius 1 is 1.11 bits per heavy atom. The van der Waals surface area contributed by atoms with Gasteiger partial charge in [-0.1, -0.05) is 30.3 Å². The van der Waals surface area contributed by atoms with E-state index in [1.165, 1.54) is 7.11 Å². The van der Waals surface area contributed by atoms with Gasteiger partial charge in [-0.3, -0.25) is 9.78 Å². The number of ether oxygens (including phenoxy) is 1. The van der Waals surface area contributed by atoms with Gasteiger partial charge in [0.05, 0.1) is 18.9 Å². The molecule has 0 bridgehead atoms. The molecule has 5 nitrogen and oxygen atoms in total. The van der Waals surface area contributed by atoms with Crippen molar-refractivity contribution in [3.8, 4) is 22.5 Å². The van der Waals surface area contributed by atoms with Gasteiger partial charge in [0, 0.05) is 34.7 Å². The van der Waals surface area contributed by atoms with Crippen LogP contribution in [-0.2, 0) is 9.53 Å². The highest BCUT2D eigenvalue weighted by atomic mass is 32.2. The van der Waals surface area contributed by atoms with Crippen molar-refractivity contribution in [2.75, 3.05) is 12.9 Å². The summed E-state index contributed by atoms with van der Waals surface area (Å²) in [5.74, 6) is 1.01. The fourth-order valence-electron chi connectivity index (χ4n) is 2.80. The molecular formula is C21H17N3O2S2. The van der Waals surface area contributed by atoms with E-state index in [-0.39, 0.29) is 5.97 Å². The number of hydrogen-bond donors (Lipinski definition) is 0. The molecule has 140 valence electrons. The third kappa shape index (κ3) is 3.90. The number of fused-ring (bicyclic) bond motifs is 1. The molecule has 3 aromatic heterocycles. The Hall–Kier alpha value is -2.77. The average Bonchev–Trinajstić information content (AvgIpc) is 3.19. The first-order valence-electron chi connectivity index (χ1n) is 8.71. The molecule has 4 rings (SSSR count). The fraction of sp³-hybridized carbons (Fsp3) is 0.143. The minimum atomic E-state index is -0.223. The lowest BCUT2D eigenvalue weighted by Crippen LogP contribution is -2.01. The number of thioether (sulfide) groups is 1. The van der Waals surface area contributed by atoms with Crippen molar-refractivity contribution in [3.63, 3.8) is 0 Å². The SMILES string of the molecule is COC(=O)CCSc1nc(-c2cccnc2)nc2scc(-c3ccccc3)c12. The van der Waals surface area contributed by atoms with Crippen LogP contribution < -0.4 is 0 Å². The second-order valence-electron chi connectivity index (χ2n) is 5.96. The second-order valence-corrected chi connectivity index (χ2v) is 7.91. The first-order chi connectivity index (χ1) is 13.8. The predicted molar refractivity (Wildman–Crippen MR) is 113 cm³/mol. The summed E-state index contributed by atoms with van der Waals surface area (Å²) in [7, 11) is 1.41. The summed E-state index contributed by atoms with van der Waals surface area (Å²) in [6, 6.07) is 14.0. The molecule has 0 atom stereocenters. The zero-order chi connectivity index (χ0) is 19.3. The third-order valence-corrected chi connectivity index (χ3v) is 6.03. The summed E-state index contributed by atoms with van der Waals surface area (Å²) in [6.07, 6.45) is 3.82. The number of benzene rings is 1. The molecule has 1 aromatic carbocycles. The van der Waals surface area contributed by atoms with Gasteiger partial charge in [0.25, 0.3) is 0 Å². The molecule has 0 saturated carbocycles. The minimum absolute atomic E-state index is 0.223. The van der Waals surface area contributed by atoms with Gasteiger partial charge in [-0.15, -0.1) is 23.1 Å². The number of thiophene rings is 1. The van der Waals surface area contributed by atoms with Crippen LogP contribution >= 0.6 is 23.1 Å². The highest BCUT2D eigenvalue weighted by molar-refractivity contribution is 7.99. The van der Waals surface area contributed by atoms with Crippen molar-refractivity contribution in [1.29, 1.82) is 0 Å². The van der Waals surface area contributed by atoms with Crippen molar-refractivity contribution in [2.45, 2.75) is 11.4 Å². The van der Waals surface area contributed by atoms with Crippen LogP contribution in [0.4, 0.5) is 0 Å². The first kappa shape index (κ1) is 18.6. The number of pyridine rings is 1. The number of carbonyl (C=O) groups is 1. The lowest BCUT2D eigenvalue weighted by molar-refractivity contribution is -0.140. The molecule has 0 aliphatic carbocycles. The smallest absolute Gasteiger partial charge is 0.306 e. The maximum absolute atomic E-state index is 11.5. The van der Waals surface area contributed by atoms with Crippen molar-refractivity contribution in [3.05, 3.63) is 60.2 Å². The summed E-state index contributed by atoms with van der Waals surface area (Å²) >= 11 is 3.15. The third-order valence-electron chi connectivity index (χ3n) is 4.18. The largest absolute Gasteiger partial charge is 0.469 e. The maximum Gasteiger partial charge on any atom is 0.306 e. The molecule has 28 heavy (non-hydrogen) atoms. The summed E-state index contributed by atoms with van der Waals surface area (Å²) < 4.78 is 4.76. The molecule has 0 aliphatic rings. The molecular weight excluding hydrogens is 390 g/mol. The zero-order valence-corrected chi connectivity index (χ0v) is 16.8. The number of esters is 1. The van der Waals surface area contributed by atoms with Gasteiger partial charge in [-0.05, 0) is 17.7 Å². The van der Waals surface area contributed by atoms with E-state index >= 15 is 0 Å². The van der Waals surface area contributed by atoms with Crippen LogP contribution in [0.1, 0.15) is 6.42 Å². The van der Waals surface area contributed by atoms with Crippen LogP contribution in [0.2, 0.25) is 0 Å². The minimum Gasteiger partial charge on any atom is -0.469 e. The van der Waals surface area contributed by atoms with Crippen molar-refractivity contribution < 1.29 is 9.53 Å². The Morgan fingerprint density at radius 3 is 2.68 bits per heavy atom. The van der Waals surface area contributed by atoms with Crippen molar-refractivity contribution in [1.82, 2.24) is 15.0 Å². The highest BCUT2D eigenvalue weighted by Gasteiger charge is 2.17. The van der Waals surface area contributed by atoms with Gasteiger partial charge in [-0.2, -0.15) is 0 Å². The molecule has 7 heteroatoms. The Balaban J connectivity index is 1.80. The van der Waals surface area contributed by atoms with Gasteiger partial charge in [0.2, 0.25) is 0 Å². The molecule has 3 heterocycles. The normalized spacial score (nSPS) is 10.9. The monoisotopic (exact) mass is 407 g/mol. The van der Waals surface area contributed by atoms with Crippen LogP contribution in [-0.4, -0.2) is 33.8 Å². The zero-order valence-electron chi connectivity index (χ0n) is 15.2. The number of aromatic nitrogens is 3. The van der Waals surface area contributed by atoms with E-state index in [1.54, 1.807) is 35.5 Å². The van der Waals surface area contributed by atoms with Crippen LogP contribution in [0.15, 0.2) is 65.3 Å². The number of carbonyl (C=O) groups excluding carboxylic acids is 1. The molecule has 0 unspecified atom stereocenters. The van der Waals surface area contributed by atoms with E-state index in [0.717, 1.165) is 31.9 Å².